The Morgan fingerprint density at radius 2 is 2.20 bits per heavy atom. The molecule has 0 aromatic heterocycles. The van der Waals surface area contributed by atoms with Gasteiger partial charge in [-0.2, -0.15) is 4.21 Å². The first-order chi connectivity index (χ1) is 7.24. The van der Waals surface area contributed by atoms with Gasteiger partial charge in [-0.05, 0) is 24.3 Å². The minimum atomic E-state index is -1.60. The Morgan fingerprint density at radius 3 is 2.80 bits per heavy atom. The van der Waals surface area contributed by atoms with Crippen molar-refractivity contribution in [1.82, 2.24) is 0 Å². The number of ether oxygens (including phenoxy) is 1. The second-order valence-corrected chi connectivity index (χ2v) is 4.72. The van der Waals surface area contributed by atoms with E-state index in [-0.39, 0.29) is 6.10 Å². The summed E-state index contributed by atoms with van der Waals surface area (Å²) >= 11 is 1.73. The van der Waals surface area contributed by atoms with Crippen molar-refractivity contribution in [1.29, 1.82) is 0 Å². The van der Waals surface area contributed by atoms with E-state index in [1.807, 2.05) is 24.3 Å². The van der Waals surface area contributed by atoms with E-state index in [1.165, 1.54) is 0 Å². The third-order valence-electron chi connectivity index (χ3n) is 1.81. The molecular weight excluding hydrogens is 284 g/mol. The molecule has 0 unspecified atom stereocenters. The van der Waals surface area contributed by atoms with Gasteiger partial charge >= 0.3 is 11.4 Å². The molecule has 1 aliphatic rings. The lowest BCUT2D eigenvalue weighted by Crippen LogP contribution is -2.19. The normalized spacial score (nSPS) is 25.4. The highest BCUT2D eigenvalue weighted by Gasteiger charge is 2.23. The molecule has 2 atom stereocenters. The van der Waals surface area contributed by atoms with Crippen molar-refractivity contribution in [3.8, 4) is 5.75 Å². The summed E-state index contributed by atoms with van der Waals surface area (Å²) in [6.45, 7) is 0.649. The lowest BCUT2D eigenvalue weighted by Gasteiger charge is -2.08. The van der Waals surface area contributed by atoms with Crippen molar-refractivity contribution in [2.45, 2.75) is 6.10 Å². The van der Waals surface area contributed by atoms with Crippen LogP contribution in [0.4, 0.5) is 0 Å². The van der Waals surface area contributed by atoms with Crippen LogP contribution in [0.25, 0.3) is 0 Å². The van der Waals surface area contributed by atoms with E-state index in [2.05, 4.69) is 15.9 Å². The van der Waals surface area contributed by atoms with Gasteiger partial charge in [0.2, 0.25) is 0 Å². The van der Waals surface area contributed by atoms with Crippen LogP contribution in [0.5, 0.6) is 5.75 Å². The Kier molecular flexibility index (Phi) is 3.74. The molecule has 0 spiro atoms. The van der Waals surface area contributed by atoms with E-state index in [4.69, 9.17) is 13.1 Å². The van der Waals surface area contributed by atoms with Crippen molar-refractivity contribution in [2.24, 2.45) is 0 Å². The maximum atomic E-state index is 10.7. The summed E-state index contributed by atoms with van der Waals surface area (Å²) in [4.78, 5) is 0. The molecule has 0 bridgehead atoms. The Bertz CT molecular complexity index is 354. The molecular formula is C9H9BrO4S. The fourth-order valence-corrected chi connectivity index (χ4v) is 2.01. The van der Waals surface area contributed by atoms with Crippen LogP contribution in [0.15, 0.2) is 28.7 Å². The van der Waals surface area contributed by atoms with E-state index in [0.717, 1.165) is 10.2 Å². The SMILES string of the molecule is O=[S@]1OC[C@@H](COc2ccc(Br)cc2)O1. The number of benzene rings is 1. The van der Waals surface area contributed by atoms with Crippen molar-refractivity contribution >= 4 is 27.3 Å². The molecule has 82 valence electrons. The van der Waals surface area contributed by atoms with Crippen LogP contribution in [0, 0.1) is 0 Å². The maximum absolute atomic E-state index is 10.7. The molecule has 2 rings (SSSR count). The quantitative estimate of drug-likeness (QED) is 0.853. The zero-order valence-electron chi connectivity index (χ0n) is 7.72. The molecule has 0 saturated carbocycles. The second-order valence-electron chi connectivity index (χ2n) is 2.97. The molecule has 4 nitrogen and oxygen atoms in total. The van der Waals surface area contributed by atoms with Crippen LogP contribution < -0.4 is 4.74 Å². The zero-order valence-corrected chi connectivity index (χ0v) is 10.1. The van der Waals surface area contributed by atoms with Crippen LogP contribution in [-0.2, 0) is 19.7 Å². The van der Waals surface area contributed by atoms with E-state index < -0.39 is 11.4 Å². The van der Waals surface area contributed by atoms with Gasteiger partial charge in [-0.1, -0.05) is 15.9 Å². The number of hydrogen-bond acceptors (Lipinski definition) is 4. The van der Waals surface area contributed by atoms with Crippen LogP contribution in [0.2, 0.25) is 0 Å². The molecule has 0 radical (unpaired) electrons. The molecule has 0 N–H and O–H groups in total. The highest BCUT2D eigenvalue weighted by molar-refractivity contribution is 9.10. The van der Waals surface area contributed by atoms with Crippen molar-refractivity contribution in [3.05, 3.63) is 28.7 Å². The Hall–Kier alpha value is -0.430. The van der Waals surface area contributed by atoms with Gasteiger partial charge in [0.05, 0.1) is 6.61 Å². The van der Waals surface area contributed by atoms with Crippen molar-refractivity contribution in [2.75, 3.05) is 13.2 Å². The van der Waals surface area contributed by atoms with E-state index >= 15 is 0 Å². The van der Waals surface area contributed by atoms with Gasteiger partial charge < -0.3 is 4.74 Å². The Balaban J connectivity index is 1.83. The van der Waals surface area contributed by atoms with Gasteiger partial charge in [-0.15, -0.1) is 0 Å². The summed E-state index contributed by atoms with van der Waals surface area (Å²) in [5.74, 6) is 0.750. The average Bonchev–Trinajstić information content (AvgIpc) is 2.64. The third kappa shape index (κ3) is 3.27. The molecule has 1 saturated heterocycles. The van der Waals surface area contributed by atoms with Crippen LogP contribution in [-0.4, -0.2) is 23.5 Å². The van der Waals surface area contributed by atoms with Crippen molar-refractivity contribution in [3.63, 3.8) is 0 Å². The molecule has 1 heterocycles. The van der Waals surface area contributed by atoms with Gasteiger partial charge in [0, 0.05) is 4.47 Å². The molecule has 1 fully saturated rings. The summed E-state index contributed by atoms with van der Waals surface area (Å²) in [5.41, 5.74) is 0. The first kappa shape index (κ1) is 11.1. The summed E-state index contributed by atoms with van der Waals surface area (Å²) in [6.07, 6.45) is -0.255. The van der Waals surface area contributed by atoms with Gasteiger partial charge in [0.1, 0.15) is 18.5 Å². The van der Waals surface area contributed by atoms with E-state index in [1.54, 1.807) is 0 Å². The largest absolute Gasteiger partial charge is 0.491 e. The summed E-state index contributed by atoms with van der Waals surface area (Å²) < 4.78 is 26.8. The fraction of sp³-hybridized carbons (Fsp3) is 0.333. The van der Waals surface area contributed by atoms with Crippen LogP contribution in [0.3, 0.4) is 0 Å². The average molecular weight is 293 g/mol. The lowest BCUT2D eigenvalue weighted by atomic mass is 10.3. The second kappa shape index (κ2) is 5.07. The summed E-state index contributed by atoms with van der Waals surface area (Å²) in [6, 6.07) is 7.46. The topological polar surface area (TPSA) is 44.8 Å². The van der Waals surface area contributed by atoms with Gasteiger partial charge in [-0.25, -0.2) is 0 Å². The summed E-state index contributed by atoms with van der Waals surface area (Å²) in [7, 11) is 0. The molecule has 6 heteroatoms. The molecule has 15 heavy (non-hydrogen) atoms. The maximum Gasteiger partial charge on any atom is 0.305 e. The van der Waals surface area contributed by atoms with Gasteiger partial charge in [-0.3, -0.25) is 8.37 Å². The standard InChI is InChI=1S/C9H9BrO4S/c10-7-1-3-8(4-2-7)12-5-9-6-13-15(11)14-9/h1-4,9H,5-6H2/t9-,15+/m1/s1. The predicted molar refractivity (Wildman–Crippen MR) is 58.6 cm³/mol. The van der Waals surface area contributed by atoms with Gasteiger partial charge in [0.25, 0.3) is 0 Å². The Morgan fingerprint density at radius 1 is 1.47 bits per heavy atom. The number of hydrogen-bond donors (Lipinski definition) is 0. The Labute approximate surface area is 98.5 Å². The molecule has 0 aliphatic carbocycles. The van der Waals surface area contributed by atoms with Crippen molar-refractivity contribution < 1.29 is 17.3 Å². The lowest BCUT2D eigenvalue weighted by molar-refractivity contribution is 0.151. The molecule has 1 aliphatic heterocycles. The van der Waals surface area contributed by atoms with Gasteiger partial charge in [0.15, 0.2) is 0 Å². The minimum Gasteiger partial charge on any atom is -0.491 e. The highest BCUT2D eigenvalue weighted by Crippen LogP contribution is 2.17. The first-order valence-corrected chi connectivity index (χ1v) is 6.14. The van der Waals surface area contributed by atoms with Crippen LogP contribution >= 0.6 is 15.9 Å². The monoisotopic (exact) mass is 292 g/mol. The zero-order chi connectivity index (χ0) is 10.7. The number of halogens is 1. The smallest absolute Gasteiger partial charge is 0.305 e. The highest BCUT2D eigenvalue weighted by atomic mass is 79.9. The van der Waals surface area contributed by atoms with E-state index in [9.17, 15) is 4.21 Å². The summed E-state index contributed by atoms with van der Waals surface area (Å²) in [5, 5.41) is 0. The first-order valence-electron chi connectivity index (χ1n) is 4.34. The minimum absolute atomic E-state index is 0.255. The van der Waals surface area contributed by atoms with Crippen LogP contribution in [0.1, 0.15) is 0 Å². The molecule has 0 amide bonds. The third-order valence-corrected chi connectivity index (χ3v) is 3.10. The molecule has 1 aromatic rings. The molecule has 1 aromatic carbocycles. The fourth-order valence-electron chi connectivity index (χ4n) is 1.09. The van der Waals surface area contributed by atoms with E-state index in [0.29, 0.717) is 13.2 Å². The predicted octanol–water partition coefficient (Wildman–Crippen LogP) is 1.82. The number of rotatable bonds is 3.